The number of hydrogen-bond acceptors (Lipinski definition) is 4. The molecule has 0 bridgehead atoms. The van der Waals surface area contributed by atoms with Gasteiger partial charge in [0.25, 0.3) is 0 Å². The van der Waals surface area contributed by atoms with Gasteiger partial charge in [-0.25, -0.2) is 4.98 Å². The van der Waals surface area contributed by atoms with E-state index in [1.807, 2.05) is 13.8 Å². The van der Waals surface area contributed by atoms with Crippen molar-refractivity contribution in [2.75, 3.05) is 5.32 Å². The zero-order valence-electron chi connectivity index (χ0n) is 11.5. The molecule has 5 nitrogen and oxygen atoms in total. The van der Waals surface area contributed by atoms with Crippen LogP contribution in [-0.2, 0) is 4.79 Å². The molecule has 104 valence electrons. The smallest absolute Gasteiger partial charge is 0.227 e. The third-order valence-electron chi connectivity index (χ3n) is 2.92. The van der Waals surface area contributed by atoms with Crippen LogP contribution in [0.15, 0.2) is 42.9 Å². The number of aromatic nitrogens is 2. The van der Waals surface area contributed by atoms with Crippen molar-refractivity contribution < 1.29 is 9.53 Å². The quantitative estimate of drug-likeness (QED) is 0.906. The molecule has 0 saturated heterocycles. The number of ether oxygens (including phenoxy) is 1. The van der Waals surface area contributed by atoms with Gasteiger partial charge < -0.3 is 10.1 Å². The van der Waals surface area contributed by atoms with Gasteiger partial charge >= 0.3 is 0 Å². The first-order chi connectivity index (χ1) is 9.69. The van der Waals surface area contributed by atoms with Crippen molar-refractivity contribution in [2.24, 2.45) is 5.92 Å². The second kappa shape index (κ2) is 6.65. The van der Waals surface area contributed by atoms with E-state index >= 15 is 0 Å². The molecule has 0 radical (unpaired) electrons. The van der Waals surface area contributed by atoms with E-state index in [-0.39, 0.29) is 11.8 Å². The van der Waals surface area contributed by atoms with Crippen LogP contribution in [0.4, 0.5) is 5.69 Å². The van der Waals surface area contributed by atoms with E-state index in [4.69, 9.17) is 4.74 Å². The van der Waals surface area contributed by atoms with Gasteiger partial charge in [0.1, 0.15) is 5.75 Å². The Balaban J connectivity index is 1.98. The largest absolute Gasteiger partial charge is 0.437 e. The Kier molecular flexibility index (Phi) is 4.65. The molecule has 1 amide bonds. The van der Waals surface area contributed by atoms with Crippen molar-refractivity contribution >= 4 is 11.6 Å². The minimum atomic E-state index is -0.0127. The van der Waals surface area contributed by atoms with Gasteiger partial charge in [0.05, 0.1) is 18.1 Å². The van der Waals surface area contributed by atoms with Crippen LogP contribution < -0.4 is 10.1 Å². The van der Waals surface area contributed by atoms with Crippen LogP contribution in [0.5, 0.6) is 11.6 Å². The SMILES string of the molecule is CC[C@@H](C)C(=O)Nc1ccc(Oc2cccnc2)nc1. The lowest BCUT2D eigenvalue weighted by Gasteiger charge is -2.10. The molecular formula is C15H17N3O2. The standard InChI is InChI=1S/C15H17N3O2/c1-3-11(2)15(19)18-12-6-7-14(17-9-12)20-13-5-4-8-16-10-13/h4-11H,3H2,1-2H3,(H,18,19)/t11-/m1/s1. The summed E-state index contributed by atoms with van der Waals surface area (Å²) in [7, 11) is 0. The molecule has 0 aliphatic carbocycles. The molecule has 0 aromatic carbocycles. The predicted octanol–water partition coefficient (Wildman–Crippen LogP) is 3.25. The zero-order chi connectivity index (χ0) is 14.4. The fourth-order valence-corrected chi connectivity index (χ4v) is 1.49. The summed E-state index contributed by atoms with van der Waals surface area (Å²) in [6.07, 6.45) is 5.67. The number of hydrogen-bond donors (Lipinski definition) is 1. The summed E-state index contributed by atoms with van der Waals surface area (Å²) in [6.45, 7) is 3.87. The van der Waals surface area contributed by atoms with Gasteiger partial charge in [0, 0.05) is 18.2 Å². The fourth-order valence-electron chi connectivity index (χ4n) is 1.49. The van der Waals surface area contributed by atoms with E-state index < -0.39 is 0 Å². The van der Waals surface area contributed by atoms with Crippen molar-refractivity contribution in [3.63, 3.8) is 0 Å². The van der Waals surface area contributed by atoms with Gasteiger partial charge in [-0.3, -0.25) is 9.78 Å². The molecular weight excluding hydrogens is 254 g/mol. The molecule has 0 fully saturated rings. The second-order valence-corrected chi connectivity index (χ2v) is 4.47. The van der Waals surface area contributed by atoms with E-state index in [9.17, 15) is 4.79 Å². The molecule has 0 unspecified atom stereocenters. The second-order valence-electron chi connectivity index (χ2n) is 4.47. The predicted molar refractivity (Wildman–Crippen MR) is 76.6 cm³/mol. The van der Waals surface area contributed by atoms with Gasteiger partial charge in [-0.15, -0.1) is 0 Å². The van der Waals surface area contributed by atoms with Crippen molar-refractivity contribution in [1.82, 2.24) is 9.97 Å². The Morgan fingerprint density at radius 1 is 1.35 bits per heavy atom. The lowest BCUT2D eigenvalue weighted by molar-refractivity contribution is -0.119. The van der Waals surface area contributed by atoms with E-state index in [1.54, 1.807) is 42.9 Å². The molecule has 2 heterocycles. The number of carbonyl (C=O) groups excluding carboxylic acids is 1. The fraction of sp³-hybridized carbons (Fsp3) is 0.267. The molecule has 20 heavy (non-hydrogen) atoms. The lowest BCUT2D eigenvalue weighted by atomic mass is 10.1. The number of anilines is 1. The van der Waals surface area contributed by atoms with Crippen LogP contribution in [0.3, 0.4) is 0 Å². The maximum Gasteiger partial charge on any atom is 0.227 e. The van der Waals surface area contributed by atoms with Gasteiger partial charge in [-0.2, -0.15) is 0 Å². The monoisotopic (exact) mass is 271 g/mol. The van der Waals surface area contributed by atoms with Crippen LogP contribution in [-0.4, -0.2) is 15.9 Å². The normalized spacial score (nSPS) is 11.7. The highest BCUT2D eigenvalue weighted by molar-refractivity contribution is 5.92. The number of carbonyl (C=O) groups is 1. The third-order valence-corrected chi connectivity index (χ3v) is 2.92. The van der Waals surface area contributed by atoms with Gasteiger partial charge in [0.15, 0.2) is 0 Å². The highest BCUT2D eigenvalue weighted by atomic mass is 16.5. The van der Waals surface area contributed by atoms with Crippen LogP contribution in [0.2, 0.25) is 0 Å². The molecule has 2 aromatic heterocycles. The summed E-state index contributed by atoms with van der Waals surface area (Å²) in [5.74, 6) is 1.06. The minimum Gasteiger partial charge on any atom is -0.437 e. The molecule has 2 rings (SSSR count). The number of nitrogens with zero attached hydrogens (tertiary/aromatic N) is 2. The first-order valence-corrected chi connectivity index (χ1v) is 6.54. The van der Waals surface area contributed by atoms with Crippen molar-refractivity contribution in [1.29, 1.82) is 0 Å². The van der Waals surface area contributed by atoms with E-state index in [0.29, 0.717) is 17.3 Å². The summed E-state index contributed by atoms with van der Waals surface area (Å²) >= 11 is 0. The number of rotatable bonds is 5. The highest BCUT2D eigenvalue weighted by Crippen LogP contribution is 2.19. The summed E-state index contributed by atoms with van der Waals surface area (Å²) in [6, 6.07) is 7.06. The summed E-state index contributed by atoms with van der Waals surface area (Å²) in [4.78, 5) is 19.8. The number of nitrogens with one attached hydrogen (secondary N) is 1. The van der Waals surface area contributed by atoms with Crippen LogP contribution in [0.1, 0.15) is 20.3 Å². The Bertz CT molecular complexity index is 555. The Hall–Kier alpha value is -2.43. The van der Waals surface area contributed by atoms with Gasteiger partial charge in [-0.1, -0.05) is 13.8 Å². The van der Waals surface area contributed by atoms with E-state index in [2.05, 4.69) is 15.3 Å². The number of pyridine rings is 2. The average Bonchev–Trinajstić information content (AvgIpc) is 2.49. The van der Waals surface area contributed by atoms with Crippen LogP contribution in [0.25, 0.3) is 0 Å². The van der Waals surface area contributed by atoms with Crippen molar-refractivity contribution in [2.45, 2.75) is 20.3 Å². The molecule has 0 aliphatic heterocycles. The maximum absolute atomic E-state index is 11.7. The Labute approximate surface area is 118 Å². The van der Waals surface area contributed by atoms with Crippen molar-refractivity contribution in [3.8, 4) is 11.6 Å². The number of amides is 1. The highest BCUT2D eigenvalue weighted by Gasteiger charge is 2.10. The summed E-state index contributed by atoms with van der Waals surface area (Å²) < 4.78 is 5.52. The van der Waals surface area contributed by atoms with Gasteiger partial charge in [-0.05, 0) is 24.6 Å². The van der Waals surface area contributed by atoms with Gasteiger partial charge in [0.2, 0.25) is 11.8 Å². The Morgan fingerprint density at radius 2 is 2.20 bits per heavy atom. The first-order valence-electron chi connectivity index (χ1n) is 6.54. The Morgan fingerprint density at radius 3 is 2.80 bits per heavy atom. The topological polar surface area (TPSA) is 64.1 Å². The average molecular weight is 271 g/mol. The third kappa shape index (κ3) is 3.78. The molecule has 2 aromatic rings. The summed E-state index contributed by atoms with van der Waals surface area (Å²) in [5.41, 5.74) is 0.661. The molecule has 5 heteroatoms. The molecule has 0 aliphatic rings. The molecule has 0 saturated carbocycles. The van der Waals surface area contributed by atoms with Crippen LogP contribution in [0, 0.1) is 5.92 Å². The zero-order valence-corrected chi connectivity index (χ0v) is 11.5. The molecule has 1 N–H and O–H groups in total. The lowest BCUT2D eigenvalue weighted by Crippen LogP contribution is -2.19. The van der Waals surface area contributed by atoms with E-state index in [1.165, 1.54) is 0 Å². The van der Waals surface area contributed by atoms with Crippen molar-refractivity contribution in [3.05, 3.63) is 42.9 Å². The van der Waals surface area contributed by atoms with Crippen LogP contribution >= 0.6 is 0 Å². The molecule has 1 atom stereocenters. The first kappa shape index (κ1) is 14.0. The minimum absolute atomic E-state index is 0.00442. The maximum atomic E-state index is 11.7. The summed E-state index contributed by atoms with van der Waals surface area (Å²) in [5, 5.41) is 2.81. The van der Waals surface area contributed by atoms with E-state index in [0.717, 1.165) is 6.42 Å². The molecule has 0 spiro atoms.